The number of nitrogens with two attached hydrogens (primary N) is 1. The van der Waals surface area contributed by atoms with Gasteiger partial charge in [0.2, 0.25) is 0 Å². The lowest BCUT2D eigenvalue weighted by molar-refractivity contribution is -0.384. The lowest BCUT2D eigenvalue weighted by atomic mass is 10.1. The summed E-state index contributed by atoms with van der Waals surface area (Å²) in [6.45, 7) is 0. The Balaban J connectivity index is 2.43. The Bertz CT molecular complexity index is 629. The van der Waals surface area contributed by atoms with Gasteiger partial charge in [-0.2, -0.15) is 0 Å². The summed E-state index contributed by atoms with van der Waals surface area (Å²) >= 11 is 5.81. The van der Waals surface area contributed by atoms with Crippen molar-refractivity contribution >= 4 is 46.0 Å². The van der Waals surface area contributed by atoms with Crippen LogP contribution in [0.5, 0.6) is 5.75 Å². The van der Waals surface area contributed by atoms with Gasteiger partial charge < -0.3 is 5.11 Å². The van der Waals surface area contributed by atoms with Crippen LogP contribution in [0.15, 0.2) is 23.1 Å². The molecule has 7 nitrogen and oxygen atoms in total. The molecule has 9 heteroatoms. The zero-order valence-electron chi connectivity index (χ0n) is 9.27. The first-order valence-electron chi connectivity index (χ1n) is 4.90. The molecule has 1 saturated heterocycles. The number of carbonyl (C=O) groups is 1. The Morgan fingerprint density at radius 3 is 2.74 bits per heavy atom. The zero-order chi connectivity index (χ0) is 14.2. The van der Waals surface area contributed by atoms with E-state index < -0.39 is 10.8 Å². The van der Waals surface area contributed by atoms with Gasteiger partial charge in [-0.25, -0.2) is 10.9 Å². The van der Waals surface area contributed by atoms with Crippen LogP contribution < -0.4 is 5.84 Å². The van der Waals surface area contributed by atoms with Crippen LogP contribution in [0.1, 0.15) is 5.56 Å². The molecule has 0 atom stereocenters. The summed E-state index contributed by atoms with van der Waals surface area (Å²) in [7, 11) is 0. The van der Waals surface area contributed by atoms with Crippen molar-refractivity contribution in [1.82, 2.24) is 5.01 Å². The third-order valence-corrected chi connectivity index (χ3v) is 3.66. The highest BCUT2D eigenvalue weighted by Gasteiger charge is 2.30. The van der Waals surface area contributed by atoms with Crippen LogP contribution in [0, 0.1) is 10.1 Å². The van der Waals surface area contributed by atoms with E-state index in [1.54, 1.807) is 0 Å². The smallest absolute Gasteiger partial charge is 0.280 e. The van der Waals surface area contributed by atoms with E-state index in [9.17, 15) is 20.0 Å². The van der Waals surface area contributed by atoms with E-state index >= 15 is 0 Å². The first-order chi connectivity index (χ1) is 8.90. The number of thiocarbonyl (C=S) groups is 1. The second kappa shape index (κ2) is 4.96. The number of hydrazine groups is 1. The summed E-state index contributed by atoms with van der Waals surface area (Å²) in [5.41, 5.74) is -0.0320. The minimum Gasteiger partial charge on any atom is -0.507 e. The molecule has 0 saturated carbocycles. The molecule has 1 aromatic carbocycles. The first kappa shape index (κ1) is 13.5. The summed E-state index contributed by atoms with van der Waals surface area (Å²) in [5.74, 6) is 4.71. The van der Waals surface area contributed by atoms with Crippen LogP contribution in [0.25, 0.3) is 6.08 Å². The molecule has 1 aliphatic heterocycles. The van der Waals surface area contributed by atoms with E-state index in [0.29, 0.717) is 0 Å². The number of aromatic hydroxyl groups is 1. The third kappa shape index (κ3) is 2.57. The van der Waals surface area contributed by atoms with Gasteiger partial charge in [0.25, 0.3) is 11.6 Å². The molecular formula is C10H7N3O4S2. The minimum atomic E-state index is -0.592. The SMILES string of the molecule is NN1C(=O)/C(=C\c2cc([N+](=O)[O-])ccc2O)SC1=S. The van der Waals surface area contributed by atoms with Crippen molar-refractivity contribution in [3.63, 3.8) is 0 Å². The third-order valence-electron chi connectivity index (χ3n) is 2.33. The number of nitro groups is 1. The highest BCUT2D eigenvalue weighted by Crippen LogP contribution is 2.33. The number of nitrogens with zero attached hydrogens (tertiary/aromatic N) is 2. The maximum Gasteiger partial charge on any atom is 0.280 e. The predicted octanol–water partition coefficient (Wildman–Crippen LogP) is 1.38. The number of hydrogen-bond acceptors (Lipinski definition) is 7. The molecule has 1 aliphatic rings. The van der Waals surface area contributed by atoms with E-state index in [1.165, 1.54) is 24.3 Å². The molecule has 98 valence electrons. The lowest BCUT2D eigenvalue weighted by Gasteiger charge is -2.03. The molecule has 0 unspecified atom stereocenters. The summed E-state index contributed by atoms with van der Waals surface area (Å²) in [5, 5.41) is 21.1. The molecule has 0 aliphatic carbocycles. The molecule has 0 bridgehead atoms. The monoisotopic (exact) mass is 297 g/mol. The van der Waals surface area contributed by atoms with Crippen molar-refractivity contribution < 1.29 is 14.8 Å². The van der Waals surface area contributed by atoms with Crippen molar-refractivity contribution in [2.45, 2.75) is 0 Å². The average Bonchev–Trinajstić information content (AvgIpc) is 2.59. The molecule has 2 rings (SSSR count). The summed E-state index contributed by atoms with van der Waals surface area (Å²) < 4.78 is 0.182. The number of phenols is 1. The van der Waals surface area contributed by atoms with E-state index in [2.05, 4.69) is 0 Å². The minimum absolute atomic E-state index is 0.156. The van der Waals surface area contributed by atoms with Crippen molar-refractivity contribution in [2.75, 3.05) is 0 Å². The molecule has 19 heavy (non-hydrogen) atoms. The number of thioether (sulfide) groups is 1. The number of benzene rings is 1. The summed E-state index contributed by atoms with van der Waals surface area (Å²) in [4.78, 5) is 21.9. The molecule has 1 fully saturated rings. The second-order valence-corrected chi connectivity index (χ2v) is 5.23. The summed E-state index contributed by atoms with van der Waals surface area (Å²) in [6, 6.07) is 3.52. The quantitative estimate of drug-likeness (QED) is 0.212. The average molecular weight is 297 g/mol. The van der Waals surface area contributed by atoms with Gasteiger partial charge in [-0.3, -0.25) is 14.9 Å². The van der Waals surface area contributed by atoms with Gasteiger partial charge in [-0.1, -0.05) is 24.0 Å². The van der Waals surface area contributed by atoms with Crippen LogP contribution in [-0.2, 0) is 4.79 Å². The number of nitro benzene ring substituents is 1. The highest BCUT2D eigenvalue weighted by molar-refractivity contribution is 8.26. The van der Waals surface area contributed by atoms with Crippen molar-refractivity contribution in [1.29, 1.82) is 0 Å². The fourth-order valence-corrected chi connectivity index (χ4v) is 2.49. The molecule has 3 N–H and O–H groups in total. The van der Waals surface area contributed by atoms with Gasteiger partial charge in [0.05, 0.1) is 9.83 Å². The van der Waals surface area contributed by atoms with E-state index in [0.717, 1.165) is 16.8 Å². The Hall–Kier alpha value is -1.97. The van der Waals surface area contributed by atoms with Gasteiger partial charge in [0, 0.05) is 17.7 Å². The number of phenolic OH excluding ortho intramolecular Hbond substituents is 1. The normalized spacial score (nSPS) is 17.3. The van der Waals surface area contributed by atoms with Crippen LogP contribution in [-0.4, -0.2) is 25.3 Å². The number of amides is 1. The fraction of sp³-hybridized carbons (Fsp3) is 0. The second-order valence-electron chi connectivity index (χ2n) is 3.55. The van der Waals surface area contributed by atoms with Crippen LogP contribution in [0.2, 0.25) is 0 Å². The number of hydrogen-bond donors (Lipinski definition) is 2. The number of carbonyl (C=O) groups excluding carboxylic acids is 1. The maximum atomic E-state index is 11.7. The van der Waals surface area contributed by atoms with Crippen LogP contribution in [0.4, 0.5) is 5.69 Å². The van der Waals surface area contributed by atoms with Gasteiger partial charge in [-0.05, 0) is 12.1 Å². The van der Waals surface area contributed by atoms with E-state index in [1.807, 2.05) is 0 Å². The van der Waals surface area contributed by atoms with Gasteiger partial charge in [0.1, 0.15) is 5.75 Å². The van der Waals surface area contributed by atoms with Crippen LogP contribution in [0.3, 0.4) is 0 Å². The molecule has 1 aromatic rings. The summed E-state index contributed by atoms with van der Waals surface area (Å²) in [6.07, 6.45) is 1.31. The molecule has 1 heterocycles. The number of non-ortho nitro benzene ring substituents is 1. The van der Waals surface area contributed by atoms with Crippen molar-refractivity contribution in [2.24, 2.45) is 5.84 Å². The van der Waals surface area contributed by atoms with Gasteiger partial charge >= 0.3 is 0 Å². The predicted molar refractivity (Wildman–Crippen MR) is 74.0 cm³/mol. The van der Waals surface area contributed by atoms with E-state index in [4.69, 9.17) is 18.1 Å². The maximum absolute atomic E-state index is 11.7. The van der Waals surface area contributed by atoms with Gasteiger partial charge in [0.15, 0.2) is 4.32 Å². The van der Waals surface area contributed by atoms with E-state index in [-0.39, 0.29) is 26.2 Å². The molecule has 0 spiro atoms. The lowest BCUT2D eigenvalue weighted by Crippen LogP contribution is -2.34. The largest absolute Gasteiger partial charge is 0.507 e. The van der Waals surface area contributed by atoms with Gasteiger partial charge in [-0.15, -0.1) is 0 Å². The Labute approximate surface area is 116 Å². The molecule has 1 amide bonds. The Morgan fingerprint density at radius 1 is 1.53 bits per heavy atom. The topological polar surface area (TPSA) is 110 Å². The first-order valence-corrected chi connectivity index (χ1v) is 6.12. The van der Waals surface area contributed by atoms with Crippen molar-refractivity contribution in [3.05, 3.63) is 38.8 Å². The zero-order valence-corrected chi connectivity index (χ0v) is 10.9. The van der Waals surface area contributed by atoms with Crippen LogP contribution >= 0.6 is 24.0 Å². The highest BCUT2D eigenvalue weighted by atomic mass is 32.2. The fourth-order valence-electron chi connectivity index (χ4n) is 1.39. The standard InChI is InChI=1S/C10H7N3O4S2/c11-12-9(15)8(19-10(12)18)4-5-3-6(13(16)17)1-2-7(5)14/h1-4,14H,11H2/b8-4+. The Kier molecular flexibility index (Phi) is 3.51. The Morgan fingerprint density at radius 2 is 2.21 bits per heavy atom. The molecule has 0 aromatic heterocycles. The molecular weight excluding hydrogens is 290 g/mol. The molecule has 0 radical (unpaired) electrons. The van der Waals surface area contributed by atoms with Crippen molar-refractivity contribution in [3.8, 4) is 5.75 Å². The number of rotatable bonds is 2.